The first-order valence-corrected chi connectivity index (χ1v) is 13.9. The average molecular weight is 481 g/mol. The molecule has 0 spiro atoms. The number of ether oxygens (including phenoxy) is 2. The van der Waals surface area contributed by atoms with Gasteiger partial charge in [-0.05, 0) is 88.5 Å². The molecule has 0 aromatic heterocycles. The van der Waals surface area contributed by atoms with E-state index in [9.17, 15) is 8.42 Å². The topological polar surface area (TPSA) is 72.8 Å². The standard InChI is InChI=1S/C27H44O5S/c1-18(2)11-9-12-19(3)13-10-15-27(8)16-14-24-23(7)25(21(5)22(6)26(24)32-27)31-20(4)17-33(28,29)30/h10,15,18-20H,9,11-14,16-17H2,1-8H3,(H,28,29,30)/b15-10+. The summed E-state index contributed by atoms with van der Waals surface area (Å²) >= 11 is 0. The van der Waals surface area contributed by atoms with Crippen LogP contribution in [0.1, 0.15) is 89.0 Å². The third-order valence-electron chi connectivity index (χ3n) is 6.77. The third-order valence-corrected chi connectivity index (χ3v) is 7.66. The Morgan fingerprint density at radius 3 is 2.36 bits per heavy atom. The Morgan fingerprint density at radius 2 is 1.76 bits per heavy atom. The molecule has 0 radical (unpaired) electrons. The van der Waals surface area contributed by atoms with Gasteiger partial charge in [-0.1, -0.05) is 46.1 Å². The van der Waals surface area contributed by atoms with Gasteiger partial charge in [0.15, 0.2) is 0 Å². The van der Waals surface area contributed by atoms with E-state index in [1.165, 1.54) is 19.3 Å². The summed E-state index contributed by atoms with van der Waals surface area (Å²) in [4.78, 5) is 0. The summed E-state index contributed by atoms with van der Waals surface area (Å²) in [5.41, 5.74) is 3.74. The lowest BCUT2D eigenvalue weighted by Gasteiger charge is -2.36. The van der Waals surface area contributed by atoms with Crippen LogP contribution < -0.4 is 9.47 Å². The van der Waals surface area contributed by atoms with E-state index in [1.54, 1.807) is 6.92 Å². The van der Waals surface area contributed by atoms with Crippen LogP contribution in [0, 0.1) is 32.6 Å². The van der Waals surface area contributed by atoms with E-state index in [0.717, 1.165) is 53.2 Å². The smallest absolute Gasteiger partial charge is 0.268 e. The van der Waals surface area contributed by atoms with Gasteiger partial charge in [-0.2, -0.15) is 8.42 Å². The molecule has 3 atom stereocenters. The van der Waals surface area contributed by atoms with Gasteiger partial charge in [0, 0.05) is 5.56 Å². The van der Waals surface area contributed by atoms with E-state index < -0.39 is 22.0 Å². The lowest BCUT2D eigenvalue weighted by atomic mass is 9.86. The normalized spacial score (nSPS) is 20.5. The lowest BCUT2D eigenvalue weighted by molar-refractivity contribution is 0.112. The first-order valence-electron chi connectivity index (χ1n) is 12.3. The molecule has 0 aliphatic carbocycles. The summed E-state index contributed by atoms with van der Waals surface area (Å²) in [5.74, 6) is 2.63. The van der Waals surface area contributed by atoms with Crippen molar-refractivity contribution in [2.75, 3.05) is 5.75 Å². The molecule has 1 aliphatic rings. The van der Waals surface area contributed by atoms with Crippen molar-refractivity contribution >= 4 is 10.1 Å². The fourth-order valence-electron chi connectivity index (χ4n) is 4.62. The minimum atomic E-state index is -4.09. The molecular formula is C27H44O5S. The Kier molecular flexibility index (Phi) is 9.46. The number of hydrogen-bond donors (Lipinski definition) is 1. The van der Waals surface area contributed by atoms with E-state index >= 15 is 0 Å². The fourth-order valence-corrected chi connectivity index (χ4v) is 5.28. The summed E-state index contributed by atoms with van der Waals surface area (Å²) in [7, 11) is -4.09. The summed E-state index contributed by atoms with van der Waals surface area (Å²) in [6.45, 7) is 16.7. The van der Waals surface area contributed by atoms with Gasteiger partial charge in [0.25, 0.3) is 10.1 Å². The zero-order valence-electron chi connectivity index (χ0n) is 21.8. The Bertz CT molecular complexity index is 948. The van der Waals surface area contributed by atoms with Crippen LogP contribution in [0.2, 0.25) is 0 Å². The SMILES string of the molecule is Cc1c(C)c2c(c(C)c1OC(C)CS(=O)(=O)O)CCC(C)(/C=C/CC(C)CCCC(C)C)O2. The predicted molar refractivity (Wildman–Crippen MR) is 136 cm³/mol. The number of fused-ring (bicyclic) bond motifs is 1. The van der Waals surface area contributed by atoms with Crippen LogP contribution in [0.5, 0.6) is 11.5 Å². The van der Waals surface area contributed by atoms with Gasteiger partial charge in [0.1, 0.15) is 29.0 Å². The molecule has 0 fully saturated rings. The number of rotatable bonds is 11. The molecule has 1 N–H and O–H groups in total. The van der Waals surface area contributed by atoms with Crippen molar-refractivity contribution < 1.29 is 22.4 Å². The van der Waals surface area contributed by atoms with Crippen molar-refractivity contribution in [3.8, 4) is 11.5 Å². The summed E-state index contributed by atoms with van der Waals surface area (Å²) in [6.07, 6.45) is 10.5. The molecule has 6 heteroatoms. The van der Waals surface area contributed by atoms with E-state index in [4.69, 9.17) is 14.0 Å². The predicted octanol–water partition coefficient (Wildman–Crippen LogP) is 6.76. The zero-order chi connectivity index (χ0) is 25.0. The van der Waals surface area contributed by atoms with Gasteiger partial charge in [0.2, 0.25) is 0 Å². The molecule has 2 rings (SSSR count). The molecule has 33 heavy (non-hydrogen) atoms. The van der Waals surface area contributed by atoms with E-state index in [0.29, 0.717) is 11.7 Å². The van der Waals surface area contributed by atoms with Crippen molar-refractivity contribution in [2.24, 2.45) is 11.8 Å². The highest BCUT2D eigenvalue weighted by Gasteiger charge is 2.33. The van der Waals surface area contributed by atoms with Gasteiger partial charge in [-0.15, -0.1) is 0 Å². The van der Waals surface area contributed by atoms with Crippen molar-refractivity contribution in [1.82, 2.24) is 0 Å². The van der Waals surface area contributed by atoms with E-state index in [1.807, 2.05) is 20.8 Å². The molecule has 0 amide bonds. The number of benzene rings is 1. The van der Waals surface area contributed by atoms with Crippen LogP contribution in [-0.4, -0.2) is 30.4 Å². The van der Waals surface area contributed by atoms with Gasteiger partial charge >= 0.3 is 0 Å². The largest absolute Gasteiger partial charge is 0.489 e. The molecular weight excluding hydrogens is 436 g/mol. The molecule has 0 saturated carbocycles. The quantitative estimate of drug-likeness (QED) is 0.280. The molecule has 188 valence electrons. The van der Waals surface area contributed by atoms with Crippen molar-refractivity contribution in [1.29, 1.82) is 0 Å². The monoisotopic (exact) mass is 480 g/mol. The number of hydrogen-bond acceptors (Lipinski definition) is 4. The van der Waals surface area contributed by atoms with E-state index in [2.05, 4.69) is 39.8 Å². The maximum absolute atomic E-state index is 11.2. The van der Waals surface area contributed by atoms with Crippen molar-refractivity contribution in [3.05, 3.63) is 34.4 Å². The zero-order valence-corrected chi connectivity index (χ0v) is 22.6. The molecule has 1 aromatic rings. The van der Waals surface area contributed by atoms with Gasteiger partial charge < -0.3 is 9.47 Å². The minimum absolute atomic E-state index is 0.338. The number of allylic oxidation sites excluding steroid dienone is 1. The molecule has 5 nitrogen and oxygen atoms in total. The lowest BCUT2D eigenvalue weighted by Crippen LogP contribution is -2.35. The van der Waals surface area contributed by atoms with Crippen molar-refractivity contribution in [3.63, 3.8) is 0 Å². The highest BCUT2D eigenvalue weighted by molar-refractivity contribution is 7.85. The Balaban J connectivity index is 2.13. The maximum Gasteiger partial charge on any atom is 0.268 e. The van der Waals surface area contributed by atoms with Gasteiger partial charge in [-0.3, -0.25) is 4.55 Å². The Hall–Kier alpha value is -1.53. The van der Waals surface area contributed by atoms with Crippen LogP contribution in [0.15, 0.2) is 12.2 Å². The highest BCUT2D eigenvalue weighted by Crippen LogP contribution is 2.44. The summed E-state index contributed by atoms with van der Waals surface area (Å²) in [5, 5.41) is 0. The average Bonchev–Trinajstić information content (AvgIpc) is 2.68. The van der Waals surface area contributed by atoms with E-state index in [-0.39, 0.29) is 5.60 Å². The molecule has 1 heterocycles. The van der Waals surface area contributed by atoms with Gasteiger partial charge in [-0.25, -0.2) is 0 Å². The second kappa shape index (κ2) is 11.3. The molecule has 0 saturated heterocycles. The maximum atomic E-state index is 11.2. The summed E-state index contributed by atoms with van der Waals surface area (Å²) < 4.78 is 44.2. The first kappa shape index (κ1) is 27.7. The third kappa shape index (κ3) is 8.03. The van der Waals surface area contributed by atoms with Crippen LogP contribution >= 0.6 is 0 Å². The van der Waals surface area contributed by atoms with Crippen LogP contribution in [0.3, 0.4) is 0 Å². The first-order chi connectivity index (χ1) is 15.2. The Labute approximate surface area is 201 Å². The molecule has 1 aromatic carbocycles. The molecule has 3 unspecified atom stereocenters. The van der Waals surface area contributed by atoms with Crippen LogP contribution in [0.4, 0.5) is 0 Å². The second-order valence-corrected chi connectivity index (χ2v) is 12.2. The Morgan fingerprint density at radius 1 is 1.09 bits per heavy atom. The highest BCUT2D eigenvalue weighted by atomic mass is 32.2. The minimum Gasteiger partial charge on any atom is -0.489 e. The fraction of sp³-hybridized carbons (Fsp3) is 0.704. The second-order valence-electron chi connectivity index (χ2n) is 10.7. The van der Waals surface area contributed by atoms with Gasteiger partial charge in [0.05, 0.1) is 0 Å². The van der Waals surface area contributed by atoms with Crippen molar-refractivity contribution in [2.45, 2.75) is 106 Å². The summed E-state index contributed by atoms with van der Waals surface area (Å²) in [6, 6.07) is 0. The molecule has 1 aliphatic heterocycles. The molecule has 0 bridgehead atoms. The van der Waals surface area contributed by atoms with Crippen LogP contribution in [-0.2, 0) is 16.5 Å². The van der Waals surface area contributed by atoms with Crippen LogP contribution in [0.25, 0.3) is 0 Å².